The molecule has 0 saturated carbocycles. The number of hydrogen-bond donors (Lipinski definition) is 1. The Bertz CT molecular complexity index is 1060. The lowest BCUT2D eigenvalue weighted by Crippen LogP contribution is -2.45. The second-order valence-electron chi connectivity index (χ2n) is 8.11. The van der Waals surface area contributed by atoms with E-state index >= 15 is 0 Å². The molecule has 0 radical (unpaired) electrons. The van der Waals surface area contributed by atoms with Gasteiger partial charge in [0.2, 0.25) is 5.91 Å². The highest BCUT2D eigenvalue weighted by Gasteiger charge is 2.55. The fourth-order valence-corrected chi connectivity index (χ4v) is 5.81. The number of imide groups is 1. The Morgan fingerprint density at radius 3 is 2.80 bits per heavy atom. The average Bonchev–Trinajstić information content (AvgIpc) is 3.15. The summed E-state index contributed by atoms with van der Waals surface area (Å²) in [6, 6.07) is 15.0. The minimum atomic E-state index is -1.03. The van der Waals surface area contributed by atoms with E-state index in [0.717, 1.165) is 39.5 Å². The molecule has 2 atom stereocenters. The highest BCUT2D eigenvalue weighted by atomic mass is 32.2. The van der Waals surface area contributed by atoms with Gasteiger partial charge in [0.05, 0.1) is 5.69 Å². The van der Waals surface area contributed by atoms with E-state index in [0.29, 0.717) is 18.2 Å². The van der Waals surface area contributed by atoms with E-state index in [1.165, 1.54) is 0 Å². The number of rotatable bonds is 2. The number of benzene rings is 2. The van der Waals surface area contributed by atoms with Crippen LogP contribution in [0.5, 0.6) is 0 Å². The summed E-state index contributed by atoms with van der Waals surface area (Å²) in [5, 5.41) is 3.28. The monoisotopic (exact) mass is 421 g/mol. The Kier molecular flexibility index (Phi) is 4.58. The molecule has 0 aromatic heterocycles. The minimum absolute atomic E-state index is 0.232. The second kappa shape index (κ2) is 7.16. The van der Waals surface area contributed by atoms with E-state index in [9.17, 15) is 14.4 Å². The van der Waals surface area contributed by atoms with Crippen molar-refractivity contribution in [2.45, 2.75) is 41.9 Å². The molecule has 2 aromatic rings. The van der Waals surface area contributed by atoms with Gasteiger partial charge < -0.3 is 10.2 Å². The Morgan fingerprint density at radius 2 is 1.93 bits per heavy atom. The standard InChI is InChI=1S/C23H23N3O3S/c1-15-11-13-25(18-8-4-5-9-19(18)30-15)20(27)14-26-21(28)23(24-22(26)29)12-10-16-6-2-3-7-17(16)23/h2-9,15H,10-14H2,1H3,(H,24,29)/t15-,23+/m1/s1. The third kappa shape index (κ3) is 2.91. The summed E-state index contributed by atoms with van der Waals surface area (Å²) in [5.74, 6) is -0.555. The third-order valence-electron chi connectivity index (χ3n) is 6.26. The molecule has 1 spiro atoms. The van der Waals surface area contributed by atoms with Gasteiger partial charge in [-0.3, -0.25) is 14.5 Å². The van der Waals surface area contributed by atoms with Crippen molar-refractivity contribution in [3.63, 3.8) is 0 Å². The number of anilines is 1. The first-order chi connectivity index (χ1) is 14.5. The molecule has 2 aromatic carbocycles. The molecule has 1 fully saturated rings. The summed E-state index contributed by atoms with van der Waals surface area (Å²) in [6.07, 6.45) is 2.11. The predicted molar refractivity (Wildman–Crippen MR) is 115 cm³/mol. The molecule has 30 heavy (non-hydrogen) atoms. The molecule has 7 heteroatoms. The number of thioether (sulfide) groups is 1. The van der Waals surface area contributed by atoms with Crippen LogP contribution in [0.15, 0.2) is 53.4 Å². The average molecular weight is 422 g/mol. The predicted octanol–water partition coefficient (Wildman–Crippen LogP) is 3.30. The molecule has 0 bridgehead atoms. The van der Waals surface area contributed by atoms with Gasteiger partial charge in [-0.05, 0) is 42.5 Å². The van der Waals surface area contributed by atoms with E-state index in [4.69, 9.17) is 0 Å². The lowest BCUT2D eigenvalue weighted by Gasteiger charge is -2.25. The van der Waals surface area contributed by atoms with Crippen molar-refractivity contribution in [1.82, 2.24) is 10.2 Å². The first-order valence-corrected chi connectivity index (χ1v) is 11.2. The van der Waals surface area contributed by atoms with Crippen LogP contribution in [-0.2, 0) is 21.5 Å². The number of urea groups is 1. The van der Waals surface area contributed by atoms with Gasteiger partial charge in [-0.1, -0.05) is 43.3 Å². The summed E-state index contributed by atoms with van der Waals surface area (Å²) < 4.78 is 0. The first-order valence-electron chi connectivity index (χ1n) is 10.3. The van der Waals surface area contributed by atoms with Crippen molar-refractivity contribution >= 4 is 35.3 Å². The van der Waals surface area contributed by atoms with Crippen molar-refractivity contribution in [1.29, 1.82) is 0 Å². The van der Waals surface area contributed by atoms with Crippen LogP contribution in [0.4, 0.5) is 10.5 Å². The normalized spacial score (nSPS) is 25.2. The Labute approximate surface area is 179 Å². The second-order valence-corrected chi connectivity index (χ2v) is 9.59. The smallest absolute Gasteiger partial charge is 0.319 e. The fraction of sp³-hybridized carbons (Fsp3) is 0.348. The lowest BCUT2D eigenvalue weighted by atomic mass is 9.92. The molecular weight excluding hydrogens is 398 g/mol. The van der Waals surface area contributed by atoms with Gasteiger partial charge in [-0.15, -0.1) is 11.8 Å². The maximum atomic E-state index is 13.4. The molecule has 1 saturated heterocycles. The van der Waals surface area contributed by atoms with Crippen LogP contribution >= 0.6 is 11.8 Å². The SMILES string of the molecule is C[C@@H]1CCN(C(=O)CN2C(=O)N[C@]3(CCc4ccccc43)C2=O)c2ccccc2S1. The van der Waals surface area contributed by atoms with E-state index in [1.54, 1.807) is 16.7 Å². The number of nitrogens with one attached hydrogen (secondary N) is 1. The molecule has 2 heterocycles. The number of carbonyl (C=O) groups is 3. The molecule has 154 valence electrons. The van der Waals surface area contributed by atoms with Crippen molar-refractivity contribution in [2.75, 3.05) is 18.0 Å². The van der Waals surface area contributed by atoms with E-state index in [1.807, 2.05) is 48.5 Å². The number of carbonyl (C=O) groups excluding carboxylic acids is 3. The number of fused-ring (bicyclic) bond motifs is 3. The molecule has 2 aliphatic heterocycles. The van der Waals surface area contributed by atoms with E-state index in [2.05, 4.69) is 12.2 Å². The zero-order chi connectivity index (χ0) is 20.9. The van der Waals surface area contributed by atoms with Crippen LogP contribution < -0.4 is 10.2 Å². The van der Waals surface area contributed by atoms with Crippen molar-refractivity contribution in [3.05, 3.63) is 59.7 Å². The van der Waals surface area contributed by atoms with Crippen LogP contribution in [0, 0.1) is 0 Å². The van der Waals surface area contributed by atoms with Crippen LogP contribution in [0.3, 0.4) is 0 Å². The van der Waals surface area contributed by atoms with Gasteiger partial charge in [-0.2, -0.15) is 0 Å². The Hall–Kier alpha value is -2.80. The third-order valence-corrected chi connectivity index (χ3v) is 7.50. The Balaban J connectivity index is 1.41. The topological polar surface area (TPSA) is 69.7 Å². The molecule has 1 aliphatic carbocycles. The van der Waals surface area contributed by atoms with Gasteiger partial charge in [-0.25, -0.2) is 4.79 Å². The Morgan fingerprint density at radius 1 is 1.17 bits per heavy atom. The molecular formula is C23H23N3O3S. The van der Waals surface area contributed by atoms with Crippen LogP contribution in [0.2, 0.25) is 0 Å². The summed E-state index contributed by atoms with van der Waals surface area (Å²) in [5.41, 5.74) is 1.75. The number of hydrogen-bond acceptors (Lipinski definition) is 4. The van der Waals surface area contributed by atoms with Crippen LogP contribution in [0.25, 0.3) is 0 Å². The van der Waals surface area contributed by atoms with Crippen LogP contribution in [-0.4, -0.2) is 41.1 Å². The molecule has 4 amide bonds. The largest absolute Gasteiger partial charge is 0.325 e. The fourth-order valence-electron chi connectivity index (χ4n) is 4.70. The van der Waals surface area contributed by atoms with E-state index in [-0.39, 0.29) is 18.4 Å². The minimum Gasteiger partial charge on any atom is -0.319 e. The summed E-state index contributed by atoms with van der Waals surface area (Å²) in [6.45, 7) is 2.47. The molecule has 1 N–H and O–H groups in total. The van der Waals surface area contributed by atoms with Gasteiger partial charge in [0.15, 0.2) is 0 Å². The highest BCUT2D eigenvalue weighted by molar-refractivity contribution is 8.00. The summed E-state index contributed by atoms with van der Waals surface area (Å²) >= 11 is 1.75. The zero-order valence-electron chi connectivity index (χ0n) is 16.8. The van der Waals surface area contributed by atoms with Gasteiger partial charge in [0.25, 0.3) is 5.91 Å². The van der Waals surface area contributed by atoms with Crippen molar-refractivity contribution < 1.29 is 14.4 Å². The quantitative estimate of drug-likeness (QED) is 0.756. The first kappa shape index (κ1) is 19.2. The summed E-state index contributed by atoms with van der Waals surface area (Å²) in [7, 11) is 0. The lowest BCUT2D eigenvalue weighted by molar-refractivity contribution is -0.134. The highest BCUT2D eigenvalue weighted by Crippen LogP contribution is 2.41. The maximum Gasteiger partial charge on any atom is 0.325 e. The molecule has 5 rings (SSSR count). The number of para-hydroxylation sites is 1. The van der Waals surface area contributed by atoms with Gasteiger partial charge in [0, 0.05) is 16.7 Å². The molecule has 0 unspecified atom stereocenters. The maximum absolute atomic E-state index is 13.4. The summed E-state index contributed by atoms with van der Waals surface area (Å²) in [4.78, 5) is 43.2. The van der Waals surface area contributed by atoms with E-state index < -0.39 is 11.6 Å². The number of amides is 4. The molecule has 3 aliphatic rings. The van der Waals surface area contributed by atoms with Gasteiger partial charge in [0.1, 0.15) is 12.1 Å². The van der Waals surface area contributed by atoms with Crippen molar-refractivity contribution in [2.24, 2.45) is 0 Å². The molecule has 6 nitrogen and oxygen atoms in total. The van der Waals surface area contributed by atoms with Crippen LogP contribution in [0.1, 0.15) is 30.9 Å². The number of nitrogens with zero attached hydrogens (tertiary/aromatic N) is 2. The zero-order valence-corrected chi connectivity index (χ0v) is 17.6. The van der Waals surface area contributed by atoms with Crippen molar-refractivity contribution in [3.8, 4) is 0 Å². The number of aryl methyl sites for hydroxylation is 1. The van der Waals surface area contributed by atoms with Gasteiger partial charge >= 0.3 is 6.03 Å².